The number of likely N-dealkylation sites (tertiary alicyclic amines) is 1. The first-order chi connectivity index (χ1) is 11.3. The molecule has 0 unspecified atom stereocenters. The van der Waals surface area contributed by atoms with Crippen LogP contribution in [0.15, 0.2) is 41.4 Å². The number of rotatable bonds is 4. The summed E-state index contributed by atoms with van der Waals surface area (Å²) in [5, 5.41) is 8.34. The van der Waals surface area contributed by atoms with Crippen molar-refractivity contribution in [3.8, 4) is 11.4 Å². The molecule has 3 aromatic heterocycles. The van der Waals surface area contributed by atoms with Crippen LogP contribution in [0.4, 0.5) is 0 Å². The third-order valence-corrected chi connectivity index (χ3v) is 4.15. The van der Waals surface area contributed by atoms with Gasteiger partial charge in [-0.3, -0.25) is 14.6 Å². The smallest absolute Gasteiger partial charge is 0.244 e. The molecule has 0 amide bonds. The molecule has 1 fully saturated rings. The van der Waals surface area contributed by atoms with Crippen LogP contribution in [0.25, 0.3) is 11.4 Å². The van der Waals surface area contributed by atoms with E-state index in [0.717, 1.165) is 31.5 Å². The first-order valence-electron chi connectivity index (χ1n) is 7.75. The molecular weight excluding hydrogens is 292 g/mol. The molecule has 4 rings (SSSR count). The minimum atomic E-state index is 0.174. The standard InChI is InChI=1S/C16H18N6O/c1-21-10-12(8-18-21)11-22-7-3-5-14(22)16-19-15(20-23-16)13-4-2-6-17-9-13/h2,4,6,8-10,14H,3,5,7,11H2,1H3/t14-/m0/s1. The van der Waals surface area contributed by atoms with Gasteiger partial charge in [-0.1, -0.05) is 5.16 Å². The molecule has 0 spiro atoms. The number of pyridine rings is 1. The van der Waals surface area contributed by atoms with E-state index in [1.807, 2.05) is 36.3 Å². The van der Waals surface area contributed by atoms with Gasteiger partial charge in [0.1, 0.15) is 0 Å². The fourth-order valence-corrected chi connectivity index (χ4v) is 3.07. The molecule has 1 aliphatic heterocycles. The molecule has 118 valence electrons. The molecule has 0 N–H and O–H groups in total. The minimum Gasteiger partial charge on any atom is -0.337 e. The first kappa shape index (κ1) is 14.1. The summed E-state index contributed by atoms with van der Waals surface area (Å²) in [6.45, 7) is 1.88. The highest BCUT2D eigenvalue weighted by Crippen LogP contribution is 2.33. The topological polar surface area (TPSA) is 72.9 Å². The Hall–Kier alpha value is -2.54. The third-order valence-electron chi connectivity index (χ3n) is 4.15. The Morgan fingerprint density at radius 2 is 2.30 bits per heavy atom. The number of aryl methyl sites for hydroxylation is 1. The van der Waals surface area contributed by atoms with Crippen LogP contribution in [0, 0.1) is 0 Å². The summed E-state index contributed by atoms with van der Waals surface area (Å²) in [4.78, 5) is 11.1. The van der Waals surface area contributed by atoms with Gasteiger partial charge < -0.3 is 4.52 Å². The molecule has 0 saturated carbocycles. The summed E-state index contributed by atoms with van der Waals surface area (Å²) < 4.78 is 7.35. The predicted molar refractivity (Wildman–Crippen MR) is 83.1 cm³/mol. The Morgan fingerprint density at radius 3 is 3.09 bits per heavy atom. The van der Waals surface area contributed by atoms with E-state index in [2.05, 4.69) is 25.1 Å². The number of aromatic nitrogens is 5. The van der Waals surface area contributed by atoms with Crippen molar-refractivity contribution in [3.63, 3.8) is 0 Å². The predicted octanol–water partition coefficient (Wildman–Crippen LogP) is 2.20. The van der Waals surface area contributed by atoms with Crippen molar-refractivity contribution in [1.82, 2.24) is 29.8 Å². The van der Waals surface area contributed by atoms with E-state index < -0.39 is 0 Å². The van der Waals surface area contributed by atoms with Crippen LogP contribution < -0.4 is 0 Å². The summed E-state index contributed by atoms with van der Waals surface area (Å²) >= 11 is 0. The highest BCUT2D eigenvalue weighted by Gasteiger charge is 2.31. The SMILES string of the molecule is Cn1cc(CN2CCC[C@H]2c2nc(-c3cccnc3)no2)cn1. The summed E-state index contributed by atoms with van der Waals surface area (Å²) in [5.74, 6) is 1.28. The number of hydrogen-bond donors (Lipinski definition) is 0. The van der Waals surface area contributed by atoms with Gasteiger partial charge in [-0.05, 0) is 31.5 Å². The van der Waals surface area contributed by atoms with Gasteiger partial charge in [0.05, 0.1) is 12.2 Å². The van der Waals surface area contributed by atoms with Crippen LogP contribution >= 0.6 is 0 Å². The lowest BCUT2D eigenvalue weighted by Crippen LogP contribution is -2.22. The van der Waals surface area contributed by atoms with Gasteiger partial charge in [-0.15, -0.1) is 0 Å². The second-order valence-electron chi connectivity index (χ2n) is 5.85. The van der Waals surface area contributed by atoms with Crippen molar-refractivity contribution >= 4 is 0 Å². The van der Waals surface area contributed by atoms with Crippen LogP contribution in [-0.4, -0.2) is 36.3 Å². The molecule has 0 radical (unpaired) electrons. The molecule has 7 nitrogen and oxygen atoms in total. The number of hydrogen-bond acceptors (Lipinski definition) is 6. The van der Waals surface area contributed by atoms with Crippen LogP contribution in [0.2, 0.25) is 0 Å². The summed E-state index contributed by atoms with van der Waals surface area (Å²) in [6.07, 6.45) is 9.60. The summed E-state index contributed by atoms with van der Waals surface area (Å²) in [6, 6.07) is 3.98. The van der Waals surface area contributed by atoms with Gasteiger partial charge >= 0.3 is 0 Å². The van der Waals surface area contributed by atoms with Crippen molar-refractivity contribution in [2.75, 3.05) is 6.54 Å². The van der Waals surface area contributed by atoms with E-state index in [4.69, 9.17) is 4.52 Å². The Morgan fingerprint density at radius 1 is 1.35 bits per heavy atom. The molecule has 1 saturated heterocycles. The second kappa shape index (κ2) is 5.92. The van der Waals surface area contributed by atoms with Gasteiger partial charge in [-0.25, -0.2) is 0 Å². The van der Waals surface area contributed by atoms with E-state index in [-0.39, 0.29) is 6.04 Å². The molecule has 1 atom stereocenters. The first-order valence-corrected chi connectivity index (χ1v) is 7.75. The zero-order valence-electron chi connectivity index (χ0n) is 13.0. The lowest BCUT2D eigenvalue weighted by atomic mass is 10.2. The van der Waals surface area contributed by atoms with Gasteiger partial charge in [-0.2, -0.15) is 10.1 Å². The summed E-state index contributed by atoms with van der Waals surface area (Å²) in [5.41, 5.74) is 2.07. The maximum absolute atomic E-state index is 5.52. The lowest BCUT2D eigenvalue weighted by molar-refractivity contribution is 0.201. The van der Waals surface area contributed by atoms with Crippen LogP contribution in [0.1, 0.15) is 30.3 Å². The maximum Gasteiger partial charge on any atom is 0.244 e. The molecule has 0 aromatic carbocycles. The fraction of sp³-hybridized carbons (Fsp3) is 0.375. The van der Waals surface area contributed by atoms with Gasteiger partial charge in [0.25, 0.3) is 0 Å². The average Bonchev–Trinajstić information content (AvgIpc) is 3.29. The largest absolute Gasteiger partial charge is 0.337 e. The Kier molecular flexibility index (Phi) is 3.63. The zero-order chi connectivity index (χ0) is 15.6. The van der Waals surface area contributed by atoms with E-state index >= 15 is 0 Å². The number of nitrogens with zero attached hydrogens (tertiary/aromatic N) is 6. The third kappa shape index (κ3) is 2.87. The minimum absolute atomic E-state index is 0.174. The zero-order valence-corrected chi connectivity index (χ0v) is 13.0. The van der Waals surface area contributed by atoms with E-state index in [0.29, 0.717) is 11.7 Å². The molecule has 4 heterocycles. The monoisotopic (exact) mass is 310 g/mol. The van der Waals surface area contributed by atoms with Crippen molar-refractivity contribution in [1.29, 1.82) is 0 Å². The van der Waals surface area contributed by atoms with Crippen molar-refractivity contribution in [2.24, 2.45) is 7.05 Å². The van der Waals surface area contributed by atoms with Crippen LogP contribution in [0.5, 0.6) is 0 Å². The molecule has 1 aliphatic rings. The van der Waals surface area contributed by atoms with Crippen molar-refractivity contribution in [3.05, 3.63) is 48.4 Å². The Labute approximate surface area is 134 Å². The van der Waals surface area contributed by atoms with E-state index in [1.165, 1.54) is 5.56 Å². The molecule has 7 heteroatoms. The molecule has 0 bridgehead atoms. The Bertz CT molecular complexity index is 781. The quantitative estimate of drug-likeness (QED) is 0.735. The molecule has 3 aromatic rings. The van der Waals surface area contributed by atoms with Gasteiger partial charge in [0.15, 0.2) is 0 Å². The van der Waals surface area contributed by atoms with Crippen LogP contribution in [0.3, 0.4) is 0 Å². The highest BCUT2D eigenvalue weighted by atomic mass is 16.5. The van der Waals surface area contributed by atoms with Gasteiger partial charge in [0.2, 0.25) is 11.7 Å². The van der Waals surface area contributed by atoms with Gasteiger partial charge in [0, 0.05) is 43.3 Å². The lowest BCUT2D eigenvalue weighted by Gasteiger charge is -2.20. The second-order valence-corrected chi connectivity index (χ2v) is 5.85. The molecule has 23 heavy (non-hydrogen) atoms. The highest BCUT2D eigenvalue weighted by molar-refractivity contribution is 5.51. The van der Waals surface area contributed by atoms with Crippen LogP contribution in [-0.2, 0) is 13.6 Å². The maximum atomic E-state index is 5.52. The molecular formula is C16H18N6O. The molecule has 0 aliphatic carbocycles. The van der Waals surface area contributed by atoms with Crippen molar-refractivity contribution < 1.29 is 4.52 Å². The average molecular weight is 310 g/mol. The normalized spacial score (nSPS) is 18.6. The summed E-state index contributed by atoms with van der Waals surface area (Å²) in [7, 11) is 1.93. The van der Waals surface area contributed by atoms with E-state index in [1.54, 1.807) is 12.4 Å². The van der Waals surface area contributed by atoms with Crippen molar-refractivity contribution in [2.45, 2.75) is 25.4 Å². The Balaban J connectivity index is 1.54. The van der Waals surface area contributed by atoms with E-state index in [9.17, 15) is 0 Å². The fourth-order valence-electron chi connectivity index (χ4n) is 3.07.